The smallest absolute Gasteiger partial charge is 0.203 e. The summed E-state index contributed by atoms with van der Waals surface area (Å²) in [5.41, 5.74) is -3.76. The molecular formula is C35H48O7. The van der Waals surface area contributed by atoms with E-state index in [-0.39, 0.29) is 29.2 Å². The second kappa shape index (κ2) is 10.7. The van der Waals surface area contributed by atoms with Crippen molar-refractivity contribution >= 4 is 23.1 Å². The van der Waals surface area contributed by atoms with Gasteiger partial charge in [0.15, 0.2) is 17.2 Å². The first-order valence-electron chi connectivity index (χ1n) is 15.4. The molecule has 1 saturated carbocycles. The van der Waals surface area contributed by atoms with Gasteiger partial charge in [-0.3, -0.25) is 14.4 Å². The highest BCUT2D eigenvalue weighted by Gasteiger charge is 2.72. The van der Waals surface area contributed by atoms with Crippen LogP contribution in [0.25, 0.3) is 5.76 Å². The van der Waals surface area contributed by atoms with Gasteiger partial charge in [-0.15, -0.1) is 0 Å². The summed E-state index contributed by atoms with van der Waals surface area (Å²) in [6, 6.07) is 3.45. The third-order valence-corrected chi connectivity index (χ3v) is 10.1. The van der Waals surface area contributed by atoms with E-state index in [1.165, 1.54) is 0 Å². The average Bonchev–Trinajstić information content (AvgIpc) is 2.81. The summed E-state index contributed by atoms with van der Waals surface area (Å²) in [6.07, 6.45) is 3.23. The number of carbonyl (C=O) groups excluding carboxylic acids is 3. The topological polar surface area (TPSA) is 132 Å². The molecule has 4 atom stereocenters. The lowest BCUT2D eigenvalue weighted by atomic mass is 9.43. The normalized spacial score (nSPS) is 29.5. The van der Waals surface area contributed by atoms with E-state index in [4.69, 9.17) is 0 Å². The number of fused-ring (bicyclic) bond motifs is 3. The quantitative estimate of drug-likeness (QED) is 0.260. The molecule has 3 aliphatic rings. The van der Waals surface area contributed by atoms with Crippen LogP contribution in [0, 0.1) is 40.4 Å². The maximum atomic E-state index is 14.5. The molecule has 230 valence electrons. The molecule has 4 rings (SSSR count). The minimum absolute atomic E-state index is 0.0883. The molecule has 7 heteroatoms. The Morgan fingerprint density at radius 1 is 0.976 bits per heavy atom. The molecule has 42 heavy (non-hydrogen) atoms. The first-order chi connectivity index (χ1) is 19.3. The van der Waals surface area contributed by atoms with Crippen LogP contribution in [-0.2, 0) is 27.2 Å². The van der Waals surface area contributed by atoms with E-state index in [0.717, 1.165) is 37.3 Å². The van der Waals surface area contributed by atoms with Crippen molar-refractivity contribution in [1.82, 2.24) is 0 Å². The number of carbonyl (C=O) groups is 3. The Hall–Kier alpha value is -2.93. The van der Waals surface area contributed by atoms with Crippen molar-refractivity contribution < 1.29 is 34.8 Å². The van der Waals surface area contributed by atoms with Crippen LogP contribution >= 0.6 is 0 Å². The molecule has 0 aliphatic heterocycles. The number of allylic oxidation sites excluding steroid dienone is 1. The van der Waals surface area contributed by atoms with Crippen LogP contribution in [0.2, 0.25) is 0 Å². The fourth-order valence-corrected chi connectivity index (χ4v) is 8.88. The van der Waals surface area contributed by atoms with Crippen LogP contribution in [0.3, 0.4) is 0 Å². The fraction of sp³-hybridized carbons (Fsp3) is 0.629. The Morgan fingerprint density at radius 3 is 2.05 bits per heavy atom. The molecule has 4 N–H and O–H groups in total. The highest BCUT2D eigenvalue weighted by Crippen LogP contribution is 2.65. The van der Waals surface area contributed by atoms with Gasteiger partial charge in [-0.2, -0.15) is 0 Å². The van der Waals surface area contributed by atoms with E-state index >= 15 is 0 Å². The number of aliphatic hydroxyl groups excluding tert-OH is 2. The first-order valence-corrected chi connectivity index (χ1v) is 15.4. The maximum absolute atomic E-state index is 14.5. The third-order valence-electron chi connectivity index (χ3n) is 10.1. The number of hydrogen-bond donors (Lipinski definition) is 4. The van der Waals surface area contributed by atoms with Gasteiger partial charge in [0.1, 0.15) is 22.8 Å². The van der Waals surface area contributed by atoms with E-state index in [0.29, 0.717) is 24.2 Å². The summed E-state index contributed by atoms with van der Waals surface area (Å²) in [6.45, 7) is 17.0. The number of rotatable bonds is 8. The van der Waals surface area contributed by atoms with Gasteiger partial charge >= 0.3 is 0 Å². The number of aromatic hydroxyl groups is 1. The summed E-state index contributed by atoms with van der Waals surface area (Å²) in [4.78, 5) is 40.7. The molecule has 0 heterocycles. The standard InChI is InChI=1S/C35H48O7/c1-17(2)12-21(13-18(3)4)14-22-10-11-24(37)26-23(22)15-33(8)16-34(9)27(19(5)6)29(38)25(20(7)36)31(40)35(34,42)32(41)28(33)30(26)39/h10-11,17-19,21,27,37,39-40,42H,12-16H2,1-9H3/t27?,33-,34-,35+/m1/s1. The highest BCUT2D eigenvalue weighted by molar-refractivity contribution is 6.24. The summed E-state index contributed by atoms with van der Waals surface area (Å²) in [7, 11) is 0. The van der Waals surface area contributed by atoms with Gasteiger partial charge in [-0.1, -0.05) is 61.5 Å². The van der Waals surface area contributed by atoms with Crippen molar-refractivity contribution in [1.29, 1.82) is 0 Å². The zero-order chi connectivity index (χ0) is 31.7. The summed E-state index contributed by atoms with van der Waals surface area (Å²) < 4.78 is 0. The van der Waals surface area contributed by atoms with Crippen LogP contribution in [0.5, 0.6) is 5.75 Å². The molecule has 0 spiro atoms. The van der Waals surface area contributed by atoms with Gasteiger partial charge in [0.2, 0.25) is 5.78 Å². The predicted molar refractivity (Wildman–Crippen MR) is 162 cm³/mol. The monoisotopic (exact) mass is 580 g/mol. The lowest BCUT2D eigenvalue weighted by Gasteiger charge is -2.59. The van der Waals surface area contributed by atoms with Gasteiger partial charge in [0, 0.05) is 22.3 Å². The van der Waals surface area contributed by atoms with Crippen LogP contribution in [0.1, 0.15) is 98.3 Å². The Bertz CT molecular complexity index is 1390. The molecule has 0 aromatic heterocycles. The molecular weight excluding hydrogens is 532 g/mol. The molecule has 0 bridgehead atoms. The molecule has 1 fully saturated rings. The van der Waals surface area contributed by atoms with Crippen LogP contribution in [-0.4, -0.2) is 43.4 Å². The highest BCUT2D eigenvalue weighted by atomic mass is 16.3. The third kappa shape index (κ3) is 4.63. The van der Waals surface area contributed by atoms with Crippen molar-refractivity contribution in [3.63, 3.8) is 0 Å². The van der Waals surface area contributed by atoms with Crippen molar-refractivity contribution in [2.45, 2.75) is 100 Å². The lowest BCUT2D eigenvalue weighted by Crippen LogP contribution is -2.69. The lowest BCUT2D eigenvalue weighted by molar-refractivity contribution is -0.178. The van der Waals surface area contributed by atoms with Crippen LogP contribution in [0.4, 0.5) is 0 Å². The molecule has 1 aromatic carbocycles. The van der Waals surface area contributed by atoms with Crippen molar-refractivity contribution in [3.05, 3.63) is 45.7 Å². The summed E-state index contributed by atoms with van der Waals surface area (Å²) in [5, 5.41) is 46.3. The molecule has 1 aromatic rings. The number of hydrogen-bond acceptors (Lipinski definition) is 7. The Balaban J connectivity index is 1.96. The largest absolute Gasteiger partial charge is 0.508 e. The predicted octanol–water partition coefficient (Wildman–Crippen LogP) is 6.44. The number of Topliss-reactive ketones (excluding diaryl/α,β-unsaturated/α-hetero) is 3. The van der Waals surface area contributed by atoms with E-state index in [2.05, 4.69) is 27.7 Å². The molecule has 0 radical (unpaired) electrons. The second-order valence-electron chi connectivity index (χ2n) is 14.9. The number of aliphatic hydroxyl groups is 3. The molecule has 0 saturated heterocycles. The first kappa shape index (κ1) is 32.0. The minimum atomic E-state index is -2.59. The SMILES string of the molecule is CC(=O)C1=C(O)[C@]2(O)C(=O)C3=C(O)c4c(O)ccc(CC(CC(C)C)CC(C)C)c4C[C@]3(C)C[C@]2(C)C(C(C)C)C1=O. The second-order valence-corrected chi connectivity index (χ2v) is 14.9. The van der Waals surface area contributed by atoms with Gasteiger partial charge in [0.05, 0.1) is 5.56 Å². The zero-order valence-corrected chi connectivity index (χ0v) is 26.6. The molecule has 3 aliphatic carbocycles. The maximum Gasteiger partial charge on any atom is 0.203 e. The molecule has 0 amide bonds. The number of phenolic OH excluding ortho intramolecular Hbond substituents is 1. The summed E-state index contributed by atoms with van der Waals surface area (Å²) in [5.74, 6) is -3.64. The van der Waals surface area contributed by atoms with Crippen LogP contribution in [0.15, 0.2) is 29.0 Å². The Kier molecular flexibility index (Phi) is 8.12. The van der Waals surface area contributed by atoms with Crippen molar-refractivity contribution in [3.8, 4) is 5.75 Å². The van der Waals surface area contributed by atoms with E-state index in [1.807, 2.05) is 13.0 Å². The van der Waals surface area contributed by atoms with E-state index < -0.39 is 56.8 Å². The number of benzene rings is 1. The number of ketones is 3. The van der Waals surface area contributed by atoms with Gasteiger partial charge in [-0.25, -0.2) is 0 Å². The van der Waals surface area contributed by atoms with Crippen LogP contribution < -0.4 is 0 Å². The molecule has 7 nitrogen and oxygen atoms in total. The minimum Gasteiger partial charge on any atom is -0.508 e. The number of phenols is 1. The average molecular weight is 581 g/mol. The Labute approximate surface area is 249 Å². The van der Waals surface area contributed by atoms with E-state index in [1.54, 1.807) is 26.8 Å². The zero-order valence-electron chi connectivity index (χ0n) is 26.6. The van der Waals surface area contributed by atoms with Gasteiger partial charge in [0.25, 0.3) is 0 Å². The molecule has 1 unspecified atom stereocenters. The fourth-order valence-electron chi connectivity index (χ4n) is 8.88. The summed E-state index contributed by atoms with van der Waals surface area (Å²) >= 11 is 0. The van der Waals surface area contributed by atoms with E-state index in [9.17, 15) is 34.8 Å². The Morgan fingerprint density at radius 2 is 1.55 bits per heavy atom. The van der Waals surface area contributed by atoms with Crippen molar-refractivity contribution in [2.75, 3.05) is 0 Å². The van der Waals surface area contributed by atoms with Gasteiger partial charge < -0.3 is 20.4 Å². The van der Waals surface area contributed by atoms with Gasteiger partial charge in [-0.05, 0) is 79.9 Å². The van der Waals surface area contributed by atoms with Crippen molar-refractivity contribution in [2.24, 2.45) is 40.4 Å².